The summed E-state index contributed by atoms with van der Waals surface area (Å²) in [5, 5.41) is 3.46. The van der Waals surface area contributed by atoms with Crippen molar-refractivity contribution in [2.24, 2.45) is 0 Å². The highest BCUT2D eigenvalue weighted by atomic mass is 16.5. The highest BCUT2D eigenvalue weighted by Gasteiger charge is 2.26. The minimum absolute atomic E-state index is 0.0798. The monoisotopic (exact) mass is 253 g/mol. The molecule has 1 aromatic rings. The minimum Gasteiger partial charge on any atom is -0.467 e. The molecule has 0 bridgehead atoms. The van der Waals surface area contributed by atoms with Crippen LogP contribution in [0.3, 0.4) is 0 Å². The number of rotatable bonds is 4. The first kappa shape index (κ1) is 13.1. The predicted molar refractivity (Wildman–Crippen MR) is 65.3 cm³/mol. The van der Waals surface area contributed by atoms with E-state index in [1.165, 1.54) is 13.4 Å². The first-order chi connectivity index (χ1) is 8.63. The molecular formula is C13H19NO4. The first-order valence-electron chi connectivity index (χ1n) is 6.11. The Kier molecular flexibility index (Phi) is 4.04. The Morgan fingerprint density at radius 2 is 2.22 bits per heavy atom. The molecule has 2 rings (SSSR count). The number of hydrogen-bond donors (Lipinski definition) is 1. The molecule has 0 amide bonds. The third kappa shape index (κ3) is 3.11. The molecule has 1 saturated heterocycles. The molecule has 0 aliphatic carbocycles. The highest BCUT2D eigenvalue weighted by molar-refractivity contribution is 5.88. The Labute approximate surface area is 106 Å². The normalized spacial score (nSPS) is 18.6. The van der Waals surface area contributed by atoms with Crippen LogP contribution >= 0.6 is 0 Å². The Bertz CT molecular complexity index is 407. The highest BCUT2D eigenvalue weighted by Crippen LogP contribution is 2.20. The first-order valence-corrected chi connectivity index (χ1v) is 6.11. The van der Waals surface area contributed by atoms with Gasteiger partial charge in [0.05, 0.1) is 19.2 Å². The van der Waals surface area contributed by atoms with Crippen LogP contribution in [-0.2, 0) is 16.0 Å². The zero-order chi connectivity index (χ0) is 13.0. The molecular weight excluding hydrogens is 234 g/mol. The maximum Gasteiger partial charge on any atom is 0.341 e. The predicted octanol–water partition coefficient (Wildman–Crippen LogP) is 1.72. The van der Waals surface area contributed by atoms with Gasteiger partial charge in [-0.15, -0.1) is 0 Å². The molecule has 18 heavy (non-hydrogen) atoms. The number of furan rings is 1. The fraction of sp³-hybridized carbons (Fsp3) is 0.615. The molecule has 5 nitrogen and oxygen atoms in total. The van der Waals surface area contributed by atoms with Gasteiger partial charge in [-0.25, -0.2) is 4.79 Å². The molecule has 1 aliphatic heterocycles. The quantitative estimate of drug-likeness (QED) is 0.828. The molecule has 0 saturated carbocycles. The van der Waals surface area contributed by atoms with E-state index in [-0.39, 0.29) is 11.5 Å². The van der Waals surface area contributed by atoms with E-state index in [2.05, 4.69) is 17.0 Å². The molecule has 0 radical (unpaired) electrons. The van der Waals surface area contributed by atoms with Crippen LogP contribution in [0, 0.1) is 0 Å². The number of carbonyl (C=O) groups is 1. The van der Waals surface area contributed by atoms with Crippen molar-refractivity contribution >= 4 is 5.97 Å². The van der Waals surface area contributed by atoms with E-state index in [1.54, 1.807) is 6.07 Å². The maximum absolute atomic E-state index is 11.3. The summed E-state index contributed by atoms with van der Waals surface area (Å²) in [6.45, 7) is 4.36. The minimum atomic E-state index is -0.373. The molecule has 0 unspecified atom stereocenters. The molecule has 0 atom stereocenters. The van der Waals surface area contributed by atoms with Gasteiger partial charge in [-0.3, -0.25) is 0 Å². The van der Waals surface area contributed by atoms with Crippen molar-refractivity contribution in [3.63, 3.8) is 0 Å². The molecule has 2 heterocycles. The van der Waals surface area contributed by atoms with Crippen molar-refractivity contribution < 1.29 is 18.7 Å². The fourth-order valence-electron chi connectivity index (χ4n) is 2.00. The summed E-state index contributed by atoms with van der Waals surface area (Å²) >= 11 is 0. The lowest BCUT2D eigenvalue weighted by Gasteiger charge is -2.34. The standard InChI is InChI=1S/C13H19NO4/c1-13(3-5-17-6-4-13)14-8-11-7-10(9-18-11)12(15)16-2/h7,9,14H,3-6,8H2,1-2H3. The topological polar surface area (TPSA) is 60.7 Å². The average Bonchev–Trinajstić information content (AvgIpc) is 2.85. The van der Waals surface area contributed by atoms with Crippen LogP contribution in [0.1, 0.15) is 35.9 Å². The molecule has 1 aliphatic rings. The van der Waals surface area contributed by atoms with Crippen LogP contribution < -0.4 is 5.32 Å². The summed E-state index contributed by atoms with van der Waals surface area (Å²) < 4.78 is 15.3. The second-order valence-electron chi connectivity index (χ2n) is 4.82. The van der Waals surface area contributed by atoms with Gasteiger partial charge in [-0.05, 0) is 25.8 Å². The Morgan fingerprint density at radius 3 is 2.89 bits per heavy atom. The molecule has 1 N–H and O–H groups in total. The van der Waals surface area contributed by atoms with Gasteiger partial charge in [-0.1, -0.05) is 0 Å². The van der Waals surface area contributed by atoms with Crippen molar-refractivity contribution in [1.82, 2.24) is 5.32 Å². The lowest BCUT2D eigenvalue weighted by Crippen LogP contribution is -2.46. The van der Waals surface area contributed by atoms with Gasteiger partial charge in [0.1, 0.15) is 12.0 Å². The van der Waals surface area contributed by atoms with E-state index in [1.807, 2.05) is 0 Å². The maximum atomic E-state index is 11.3. The molecule has 100 valence electrons. The van der Waals surface area contributed by atoms with Crippen LogP contribution in [0.2, 0.25) is 0 Å². The van der Waals surface area contributed by atoms with E-state index in [9.17, 15) is 4.79 Å². The van der Waals surface area contributed by atoms with E-state index in [0.717, 1.165) is 31.8 Å². The number of carbonyl (C=O) groups excluding carboxylic acids is 1. The number of esters is 1. The zero-order valence-corrected chi connectivity index (χ0v) is 10.8. The fourth-order valence-corrected chi connectivity index (χ4v) is 2.00. The Balaban J connectivity index is 1.89. The Morgan fingerprint density at radius 1 is 1.50 bits per heavy atom. The Hall–Kier alpha value is -1.33. The van der Waals surface area contributed by atoms with Crippen molar-refractivity contribution in [1.29, 1.82) is 0 Å². The number of nitrogens with one attached hydrogen (secondary N) is 1. The number of ether oxygens (including phenoxy) is 2. The molecule has 0 spiro atoms. The van der Waals surface area contributed by atoms with Crippen LogP contribution in [0.5, 0.6) is 0 Å². The van der Waals surface area contributed by atoms with Gasteiger partial charge in [0, 0.05) is 18.8 Å². The summed E-state index contributed by atoms with van der Waals surface area (Å²) in [7, 11) is 1.36. The smallest absolute Gasteiger partial charge is 0.341 e. The van der Waals surface area contributed by atoms with Crippen LogP contribution in [0.15, 0.2) is 16.7 Å². The molecule has 1 fully saturated rings. The summed E-state index contributed by atoms with van der Waals surface area (Å²) in [6, 6.07) is 1.71. The van der Waals surface area contributed by atoms with Gasteiger partial charge in [-0.2, -0.15) is 0 Å². The van der Waals surface area contributed by atoms with Crippen molar-refractivity contribution in [2.75, 3.05) is 20.3 Å². The SMILES string of the molecule is COC(=O)c1coc(CNC2(C)CCOCC2)c1. The number of methoxy groups -OCH3 is 1. The van der Waals surface area contributed by atoms with E-state index in [4.69, 9.17) is 9.15 Å². The largest absolute Gasteiger partial charge is 0.467 e. The summed E-state index contributed by atoms with van der Waals surface area (Å²) in [6.07, 6.45) is 3.39. The van der Waals surface area contributed by atoms with E-state index < -0.39 is 0 Å². The summed E-state index contributed by atoms with van der Waals surface area (Å²) in [5.41, 5.74) is 0.530. The van der Waals surface area contributed by atoms with E-state index in [0.29, 0.717) is 12.1 Å². The van der Waals surface area contributed by atoms with Crippen LogP contribution in [0.4, 0.5) is 0 Å². The third-order valence-electron chi connectivity index (χ3n) is 3.36. The zero-order valence-electron chi connectivity index (χ0n) is 10.8. The van der Waals surface area contributed by atoms with Crippen LogP contribution in [0.25, 0.3) is 0 Å². The van der Waals surface area contributed by atoms with Gasteiger partial charge >= 0.3 is 5.97 Å². The van der Waals surface area contributed by atoms with Gasteiger partial charge < -0.3 is 19.2 Å². The van der Waals surface area contributed by atoms with Crippen molar-refractivity contribution in [3.8, 4) is 0 Å². The van der Waals surface area contributed by atoms with Crippen molar-refractivity contribution in [2.45, 2.75) is 31.8 Å². The summed E-state index contributed by atoms with van der Waals surface area (Å²) in [5.74, 6) is 0.366. The molecule has 1 aromatic heterocycles. The van der Waals surface area contributed by atoms with Gasteiger partial charge in [0.15, 0.2) is 0 Å². The lowest BCUT2D eigenvalue weighted by molar-refractivity contribution is 0.0439. The second-order valence-corrected chi connectivity index (χ2v) is 4.82. The average molecular weight is 253 g/mol. The summed E-state index contributed by atoms with van der Waals surface area (Å²) in [4.78, 5) is 11.3. The third-order valence-corrected chi connectivity index (χ3v) is 3.36. The van der Waals surface area contributed by atoms with E-state index >= 15 is 0 Å². The second kappa shape index (κ2) is 5.54. The van der Waals surface area contributed by atoms with Gasteiger partial charge in [0.25, 0.3) is 0 Å². The molecule has 5 heteroatoms. The lowest BCUT2D eigenvalue weighted by atomic mass is 9.92. The molecule has 0 aromatic carbocycles. The number of hydrogen-bond acceptors (Lipinski definition) is 5. The van der Waals surface area contributed by atoms with Crippen molar-refractivity contribution in [3.05, 3.63) is 23.7 Å². The van der Waals surface area contributed by atoms with Crippen LogP contribution in [-0.4, -0.2) is 31.8 Å². The van der Waals surface area contributed by atoms with Gasteiger partial charge in [0.2, 0.25) is 0 Å².